The van der Waals surface area contributed by atoms with Crippen LogP contribution in [0, 0.1) is 11.8 Å². The van der Waals surface area contributed by atoms with Crippen molar-refractivity contribution in [1.82, 2.24) is 5.32 Å². The van der Waals surface area contributed by atoms with Crippen LogP contribution in [-0.4, -0.2) is 45.9 Å². The maximum Gasteiger partial charge on any atom is 0.307 e. The molecule has 0 aromatic carbocycles. The first-order chi connectivity index (χ1) is 8.37. The van der Waals surface area contributed by atoms with Crippen LogP contribution in [-0.2, 0) is 9.59 Å². The number of carbonyl (C=O) groups excluding carboxylic acids is 1. The van der Waals surface area contributed by atoms with E-state index < -0.39 is 35.9 Å². The van der Waals surface area contributed by atoms with Crippen LogP contribution in [0.1, 0.15) is 19.8 Å². The molecule has 1 amide bonds. The molecule has 1 aliphatic rings. The highest BCUT2D eigenvalue weighted by Gasteiger charge is 2.34. The van der Waals surface area contributed by atoms with Crippen LogP contribution < -0.4 is 5.32 Å². The van der Waals surface area contributed by atoms with Crippen LogP contribution in [0.25, 0.3) is 0 Å². The van der Waals surface area contributed by atoms with Crippen molar-refractivity contribution in [2.75, 3.05) is 13.2 Å². The fraction of sp³-hybridized carbons (Fsp3) is 0.667. The van der Waals surface area contributed by atoms with Gasteiger partial charge in [-0.05, 0) is 19.8 Å². The molecule has 4 N–H and O–H groups in total. The lowest BCUT2D eigenvalue weighted by molar-refractivity contribution is -0.147. The third-order valence-electron chi connectivity index (χ3n) is 3.07. The van der Waals surface area contributed by atoms with Crippen molar-refractivity contribution in [3.8, 4) is 0 Å². The number of amides is 1. The smallest absolute Gasteiger partial charge is 0.307 e. The van der Waals surface area contributed by atoms with Gasteiger partial charge in [0.1, 0.15) is 5.60 Å². The van der Waals surface area contributed by atoms with E-state index in [1.54, 1.807) is 12.2 Å². The zero-order chi connectivity index (χ0) is 13.8. The van der Waals surface area contributed by atoms with Gasteiger partial charge in [0.25, 0.3) is 0 Å². The Labute approximate surface area is 105 Å². The van der Waals surface area contributed by atoms with Crippen LogP contribution in [0.2, 0.25) is 0 Å². The maximum atomic E-state index is 11.9. The Morgan fingerprint density at radius 3 is 2.39 bits per heavy atom. The minimum absolute atomic E-state index is 0.102. The first-order valence-corrected chi connectivity index (χ1v) is 5.86. The topological polar surface area (TPSA) is 107 Å². The minimum Gasteiger partial charge on any atom is -0.481 e. The van der Waals surface area contributed by atoms with Crippen LogP contribution in [0.15, 0.2) is 12.2 Å². The molecular weight excluding hydrogens is 238 g/mol. The fourth-order valence-electron chi connectivity index (χ4n) is 1.84. The molecule has 3 atom stereocenters. The lowest BCUT2D eigenvalue weighted by atomic mass is 9.82. The third kappa shape index (κ3) is 3.82. The van der Waals surface area contributed by atoms with Gasteiger partial charge >= 0.3 is 5.97 Å². The van der Waals surface area contributed by atoms with E-state index in [2.05, 4.69) is 5.32 Å². The number of hydrogen-bond acceptors (Lipinski definition) is 4. The number of carbonyl (C=O) groups is 2. The van der Waals surface area contributed by atoms with Gasteiger partial charge in [-0.15, -0.1) is 0 Å². The van der Waals surface area contributed by atoms with Gasteiger partial charge < -0.3 is 20.6 Å². The first kappa shape index (κ1) is 14.7. The number of carboxylic acid groups (broad SMARTS) is 1. The van der Waals surface area contributed by atoms with Crippen molar-refractivity contribution in [1.29, 1.82) is 0 Å². The summed E-state index contributed by atoms with van der Waals surface area (Å²) < 4.78 is 0. The SMILES string of the molecule is CC(O)(CO)CNC(=O)[C@@H]1CC=CC[C@@H]1C(=O)O. The molecule has 0 saturated heterocycles. The van der Waals surface area contributed by atoms with Crippen molar-refractivity contribution in [3.05, 3.63) is 12.2 Å². The second kappa shape index (κ2) is 5.97. The lowest BCUT2D eigenvalue weighted by Gasteiger charge is -2.26. The lowest BCUT2D eigenvalue weighted by Crippen LogP contribution is -2.47. The number of aliphatic hydroxyl groups is 2. The fourth-order valence-corrected chi connectivity index (χ4v) is 1.84. The van der Waals surface area contributed by atoms with E-state index in [1.807, 2.05) is 0 Å². The molecule has 0 radical (unpaired) electrons. The zero-order valence-corrected chi connectivity index (χ0v) is 10.3. The Morgan fingerprint density at radius 2 is 1.89 bits per heavy atom. The average molecular weight is 257 g/mol. The van der Waals surface area contributed by atoms with Crippen molar-refractivity contribution in [3.63, 3.8) is 0 Å². The summed E-state index contributed by atoms with van der Waals surface area (Å²) >= 11 is 0. The second-order valence-electron chi connectivity index (χ2n) is 4.87. The zero-order valence-electron chi connectivity index (χ0n) is 10.3. The Balaban J connectivity index is 2.60. The molecule has 0 heterocycles. The predicted molar refractivity (Wildman–Crippen MR) is 63.7 cm³/mol. The molecule has 0 fully saturated rings. The van der Waals surface area contributed by atoms with Gasteiger partial charge in [0.2, 0.25) is 5.91 Å². The summed E-state index contributed by atoms with van der Waals surface area (Å²) in [6.45, 7) is 0.817. The average Bonchev–Trinajstić information content (AvgIpc) is 2.36. The highest BCUT2D eigenvalue weighted by molar-refractivity contribution is 5.85. The highest BCUT2D eigenvalue weighted by Crippen LogP contribution is 2.26. The Bertz CT molecular complexity index is 350. The minimum atomic E-state index is -1.39. The number of nitrogens with one attached hydrogen (secondary N) is 1. The molecule has 1 aliphatic carbocycles. The van der Waals surface area contributed by atoms with Crippen molar-refractivity contribution >= 4 is 11.9 Å². The molecule has 18 heavy (non-hydrogen) atoms. The van der Waals surface area contributed by atoms with Gasteiger partial charge in [0.15, 0.2) is 0 Å². The molecule has 0 saturated carbocycles. The Kier molecular flexibility index (Phi) is 4.86. The number of aliphatic carboxylic acids is 1. The normalized spacial score (nSPS) is 26.4. The number of hydrogen-bond donors (Lipinski definition) is 4. The van der Waals surface area contributed by atoms with Gasteiger partial charge in [0, 0.05) is 6.54 Å². The monoisotopic (exact) mass is 257 g/mol. The molecule has 0 aromatic heterocycles. The molecule has 0 spiro atoms. The summed E-state index contributed by atoms with van der Waals surface area (Å²) in [5.41, 5.74) is -1.39. The van der Waals surface area contributed by atoms with Gasteiger partial charge in [-0.2, -0.15) is 0 Å². The quantitative estimate of drug-likeness (QED) is 0.497. The standard InChI is InChI=1S/C12H19NO5/c1-12(18,7-14)6-13-10(15)8-4-2-3-5-9(8)11(16)17/h2-3,8-9,14,18H,4-7H2,1H3,(H,13,15)(H,16,17)/t8-,9+,12?/m1/s1. The maximum absolute atomic E-state index is 11.9. The van der Waals surface area contributed by atoms with E-state index in [4.69, 9.17) is 10.2 Å². The summed E-state index contributed by atoms with van der Waals surface area (Å²) in [6.07, 6.45) is 4.26. The number of allylic oxidation sites excluding steroid dienone is 2. The van der Waals surface area contributed by atoms with Crippen LogP contribution >= 0.6 is 0 Å². The Morgan fingerprint density at radius 1 is 1.33 bits per heavy atom. The largest absolute Gasteiger partial charge is 0.481 e. The molecule has 1 unspecified atom stereocenters. The van der Waals surface area contributed by atoms with Crippen molar-refractivity contribution in [2.45, 2.75) is 25.4 Å². The molecule has 6 heteroatoms. The van der Waals surface area contributed by atoms with E-state index in [0.717, 1.165) is 0 Å². The number of rotatable bonds is 5. The second-order valence-corrected chi connectivity index (χ2v) is 4.87. The molecule has 0 aromatic rings. The predicted octanol–water partition coefficient (Wildman–Crippen LogP) is -0.487. The van der Waals surface area contributed by atoms with E-state index >= 15 is 0 Å². The first-order valence-electron chi connectivity index (χ1n) is 5.86. The van der Waals surface area contributed by atoms with Gasteiger partial charge in [0.05, 0.1) is 18.4 Å². The van der Waals surface area contributed by atoms with E-state index in [0.29, 0.717) is 12.8 Å². The van der Waals surface area contributed by atoms with Crippen LogP contribution in [0.3, 0.4) is 0 Å². The molecule has 0 aliphatic heterocycles. The highest BCUT2D eigenvalue weighted by atomic mass is 16.4. The van der Waals surface area contributed by atoms with Crippen molar-refractivity contribution < 1.29 is 24.9 Å². The van der Waals surface area contributed by atoms with Crippen LogP contribution in [0.4, 0.5) is 0 Å². The summed E-state index contributed by atoms with van der Waals surface area (Å²) in [6, 6.07) is 0. The van der Waals surface area contributed by atoms with Gasteiger partial charge in [-0.3, -0.25) is 9.59 Å². The van der Waals surface area contributed by atoms with Gasteiger partial charge in [-0.25, -0.2) is 0 Å². The van der Waals surface area contributed by atoms with Gasteiger partial charge in [-0.1, -0.05) is 12.2 Å². The molecule has 6 nitrogen and oxygen atoms in total. The van der Waals surface area contributed by atoms with Crippen molar-refractivity contribution in [2.24, 2.45) is 11.8 Å². The van der Waals surface area contributed by atoms with E-state index in [1.165, 1.54) is 6.92 Å². The Hall–Kier alpha value is -1.40. The third-order valence-corrected chi connectivity index (χ3v) is 3.07. The molecular formula is C12H19NO5. The van der Waals surface area contributed by atoms with Crippen LogP contribution in [0.5, 0.6) is 0 Å². The summed E-state index contributed by atoms with van der Waals surface area (Å²) in [7, 11) is 0. The van der Waals surface area contributed by atoms with E-state index in [-0.39, 0.29) is 6.54 Å². The molecule has 102 valence electrons. The van der Waals surface area contributed by atoms with E-state index in [9.17, 15) is 14.7 Å². The molecule has 1 rings (SSSR count). The summed E-state index contributed by atoms with van der Waals surface area (Å²) in [4.78, 5) is 22.9. The summed E-state index contributed by atoms with van der Waals surface area (Å²) in [5, 5.41) is 29.9. The summed E-state index contributed by atoms with van der Waals surface area (Å²) in [5.74, 6) is -2.75. The number of aliphatic hydroxyl groups excluding tert-OH is 1. The number of carboxylic acids is 1. The molecule has 0 bridgehead atoms.